The average molecular weight is 253 g/mol. The molecule has 98 valence electrons. The van der Waals surface area contributed by atoms with Crippen molar-refractivity contribution in [3.05, 3.63) is 0 Å². The highest BCUT2D eigenvalue weighted by molar-refractivity contribution is 6.64. The van der Waals surface area contributed by atoms with Crippen LogP contribution in [-0.4, -0.2) is 59.1 Å². The highest BCUT2D eigenvalue weighted by atomic mass is 16.7. The smallest absolute Gasteiger partial charge is 0.556 e. The summed E-state index contributed by atoms with van der Waals surface area (Å²) in [5.41, 5.74) is 0. The first-order chi connectivity index (χ1) is 8.49. The minimum absolute atomic E-state index is 0.0733. The van der Waals surface area contributed by atoms with Crippen LogP contribution in [-0.2, 0) is 19.0 Å². The molecule has 0 aromatic heterocycles. The van der Waals surface area contributed by atoms with E-state index in [0.717, 1.165) is 12.8 Å². The zero-order chi connectivity index (χ0) is 12.7. The topological polar surface area (TPSA) is 76.1 Å². The second kappa shape index (κ2) is 2.97. The van der Waals surface area contributed by atoms with E-state index in [9.17, 15) is 14.6 Å². The molecule has 0 radical (unpaired) electrons. The lowest BCUT2D eigenvalue weighted by molar-refractivity contribution is -0.850. The van der Waals surface area contributed by atoms with E-state index >= 15 is 0 Å². The summed E-state index contributed by atoms with van der Waals surface area (Å²) in [6.07, 6.45) is 1.65. The lowest BCUT2D eigenvalue weighted by Crippen LogP contribution is -2.77. The van der Waals surface area contributed by atoms with E-state index in [1.807, 2.05) is 6.92 Å². The van der Waals surface area contributed by atoms with Crippen LogP contribution >= 0.6 is 0 Å². The van der Waals surface area contributed by atoms with Gasteiger partial charge in [-0.15, -0.1) is 0 Å². The SMILES string of the molecule is CC1OC1[B-]1(O)OC(=O)[C@H]2C(=O)C[N+]13CCC[C@@H]23. The molecule has 0 aliphatic carbocycles. The molecule has 4 saturated heterocycles. The molecule has 0 aromatic carbocycles. The number of quaternary nitrogens is 1. The molecule has 7 heteroatoms. The molecular formula is C11H16BNO5. The van der Waals surface area contributed by atoms with Crippen molar-refractivity contribution in [2.75, 3.05) is 13.1 Å². The molecule has 0 spiro atoms. The molecular weight excluding hydrogens is 237 g/mol. The lowest BCUT2D eigenvalue weighted by Gasteiger charge is -2.55. The van der Waals surface area contributed by atoms with Crippen LogP contribution in [0.15, 0.2) is 0 Å². The zero-order valence-electron chi connectivity index (χ0n) is 10.2. The Bertz CT molecular complexity index is 470. The maximum atomic E-state index is 12.0. The van der Waals surface area contributed by atoms with Crippen LogP contribution < -0.4 is 0 Å². The van der Waals surface area contributed by atoms with Crippen LogP contribution in [0, 0.1) is 5.92 Å². The van der Waals surface area contributed by atoms with Crippen molar-refractivity contribution < 1.29 is 28.4 Å². The third-order valence-corrected chi connectivity index (χ3v) is 5.38. The van der Waals surface area contributed by atoms with Gasteiger partial charge in [0.05, 0.1) is 18.1 Å². The van der Waals surface area contributed by atoms with Crippen molar-refractivity contribution in [2.45, 2.75) is 37.9 Å². The summed E-state index contributed by atoms with van der Waals surface area (Å²) in [7, 11) is 0. The first-order valence-electron chi connectivity index (χ1n) is 6.64. The van der Waals surface area contributed by atoms with E-state index < -0.39 is 24.6 Å². The van der Waals surface area contributed by atoms with Gasteiger partial charge in [-0.2, -0.15) is 0 Å². The Morgan fingerprint density at radius 3 is 2.83 bits per heavy atom. The van der Waals surface area contributed by atoms with Crippen molar-refractivity contribution in [1.82, 2.24) is 0 Å². The molecule has 4 aliphatic heterocycles. The van der Waals surface area contributed by atoms with Gasteiger partial charge >= 0.3 is 6.69 Å². The quantitative estimate of drug-likeness (QED) is 0.367. The number of hydrogen-bond acceptors (Lipinski definition) is 5. The molecule has 4 unspecified atom stereocenters. The predicted octanol–water partition coefficient (Wildman–Crippen LogP) is -1.02. The molecule has 4 fully saturated rings. The van der Waals surface area contributed by atoms with Gasteiger partial charge in [0, 0.05) is 13.0 Å². The zero-order valence-corrected chi connectivity index (χ0v) is 10.2. The van der Waals surface area contributed by atoms with Gasteiger partial charge < -0.3 is 18.8 Å². The van der Waals surface area contributed by atoms with E-state index in [1.165, 1.54) is 0 Å². The van der Waals surface area contributed by atoms with Crippen LogP contribution in [0.25, 0.3) is 0 Å². The number of carbonyl (C=O) groups is 2. The van der Waals surface area contributed by atoms with Gasteiger partial charge in [0.15, 0.2) is 5.92 Å². The fourth-order valence-electron chi connectivity index (χ4n) is 4.53. The third-order valence-electron chi connectivity index (χ3n) is 5.38. The number of hydrogen-bond donors (Lipinski definition) is 1. The van der Waals surface area contributed by atoms with E-state index in [-0.39, 0.29) is 28.9 Å². The van der Waals surface area contributed by atoms with Gasteiger partial charge in [-0.05, 0) is 13.3 Å². The Hall–Kier alpha value is -0.915. The Kier molecular flexibility index (Phi) is 1.81. The van der Waals surface area contributed by atoms with Crippen molar-refractivity contribution in [1.29, 1.82) is 0 Å². The Morgan fingerprint density at radius 2 is 2.17 bits per heavy atom. The second-order valence-corrected chi connectivity index (χ2v) is 6.14. The summed E-state index contributed by atoms with van der Waals surface area (Å²) >= 11 is 0. The van der Waals surface area contributed by atoms with Crippen molar-refractivity contribution >= 4 is 18.4 Å². The molecule has 6 atom stereocenters. The van der Waals surface area contributed by atoms with Gasteiger partial charge in [-0.25, -0.2) is 0 Å². The van der Waals surface area contributed by atoms with Crippen molar-refractivity contribution in [3.63, 3.8) is 0 Å². The number of rotatable bonds is 1. The standard InChI is InChI=1S/C11H16BNO5/c1-6-10(17-6)12(16)13-4-2-3-7(13)9(8(14)5-13)11(15)18-12/h6-7,9-10,16H,2-5H2,1H3/t6?,7-,9+,10?,12?,13?/m0/s1. The number of epoxide rings is 1. The van der Waals surface area contributed by atoms with E-state index in [2.05, 4.69) is 0 Å². The third kappa shape index (κ3) is 0.986. The van der Waals surface area contributed by atoms with Crippen molar-refractivity contribution in [3.8, 4) is 0 Å². The summed E-state index contributed by atoms with van der Waals surface area (Å²) in [5.74, 6) is -1.26. The number of ketones is 1. The van der Waals surface area contributed by atoms with Crippen LogP contribution in [0.4, 0.5) is 0 Å². The Labute approximate surface area is 104 Å². The fraction of sp³-hybridized carbons (Fsp3) is 0.818. The van der Waals surface area contributed by atoms with Crippen LogP contribution in [0.3, 0.4) is 0 Å². The van der Waals surface area contributed by atoms with Gasteiger partial charge in [-0.1, -0.05) is 0 Å². The minimum Gasteiger partial charge on any atom is -0.613 e. The number of nitrogens with zero attached hydrogens (tertiary/aromatic N) is 1. The molecule has 4 aliphatic rings. The number of Topliss-reactive ketones (excluding diaryl/α,β-unsaturated/α-hetero) is 1. The van der Waals surface area contributed by atoms with Crippen LogP contribution in [0.5, 0.6) is 0 Å². The van der Waals surface area contributed by atoms with Gasteiger partial charge in [0.25, 0.3) is 5.97 Å². The highest BCUT2D eigenvalue weighted by Gasteiger charge is 2.76. The maximum Gasteiger partial charge on any atom is 0.556 e. The van der Waals surface area contributed by atoms with Crippen LogP contribution in [0.2, 0.25) is 0 Å². The predicted molar refractivity (Wildman–Crippen MR) is 59.9 cm³/mol. The molecule has 6 nitrogen and oxygen atoms in total. The van der Waals surface area contributed by atoms with Crippen molar-refractivity contribution in [2.24, 2.45) is 5.92 Å². The summed E-state index contributed by atoms with van der Waals surface area (Å²) in [4.78, 5) is 24.0. The fourth-order valence-corrected chi connectivity index (χ4v) is 4.53. The van der Waals surface area contributed by atoms with E-state index in [4.69, 9.17) is 9.39 Å². The number of carbonyl (C=O) groups excluding carboxylic acids is 2. The molecule has 4 rings (SSSR count). The summed E-state index contributed by atoms with van der Waals surface area (Å²) in [6.45, 7) is 0.368. The molecule has 2 bridgehead atoms. The number of ether oxygens (including phenoxy) is 1. The highest BCUT2D eigenvalue weighted by Crippen LogP contribution is 2.51. The van der Waals surface area contributed by atoms with Gasteiger partial charge in [0.2, 0.25) is 5.78 Å². The Morgan fingerprint density at radius 1 is 1.44 bits per heavy atom. The monoisotopic (exact) mass is 253 g/mol. The van der Waals surface area contributed by atoms with E-state index in [0.29, 0.717) is 6.54 Å². The first-order valence-corrected chi connectivity index (χ1v) is 6.64. The molecule has 1 N–H and O–H groups in total. The first kappa shape index (κ1) is 11.0. The summed E-state index contributed by atoms with van der Waals surface area (Å²) in [6, 6.07) is -0.512. The largest absolute Gasteiger partial charge is 0.613 e. The van der Waals surface area contributed by atoms with Crippen LogP contribution in [0.1, 0.15) is 19.8 Å². The molecule has 0 amide bonds. The second-order valence-electron chi connectivity index (χ2n) is 6.14. The average Bonchev–Trinajstić information content (AvgIpc) is 2.78. The maximum absolute atomic E-state index is 12.0. The van der Waals surface area contributed by atoms with E-state index in [1.54, 1.807) is 0 Å². The molecule has 18 heavy (non-hydrogen) atoms. The minimum atomic E-state index is -2.42. The van der Waals surface area contributed by atoms with Gasteiger partial charge in [-0.3, -0.25) is 9.59 Å². The summed E-state index contributed by atoms with van der Waals surface area (Å²) in [5, 5.41) is 10.9. The normalized spacial score (nSPS) is 57.4. The molecule has 0 aromatic rings. The summed E-state index contributed by atoms with van der Waals surface area (Å²) < 4.78 is 11.0. The molecule has 0 saturated carbocycles. The lowest BCUT2D eigenvalue weighted by atomic mass is 9.59. The van der Waals surface area contributed by atoms with Gasteiger partial charge in [0.1, 0.15) is 6.54 Å². The Balaban J connectivity index is 1.85. The molecule has 4 heterocycles.